The highest BCUT2D eigenvalue weighted by Crippen LogP contribution is 2.26. The number of carbonyl (C=O) groups is 1. The zero-order valence-electron chi connectivity index (χ0n) is 11.6. The molecule has 0 atom stereocenters. The van der Waals surface area contributed by atoms with Crippen LogP contribution >= 0.6 is 35.0 Å². The van der Waals surface area contributed by atoms with Gasteiger partial charge in [-0.25, -0.2) is 0 Å². The number of carbonyl (C=O) groups excluding carboxylic acids is 1. The highest BCUT2D eigenvalue weighted by molar-refractivity contribution is 7.99. The lowest BCUT2D eigenvalue weighted by atomic mass is 10.2. The maximum absolute atomic E-state index is 11.9. The SMILES string of the molecule is Cc1noc(C)c1CSCC(=O)Nc1ccc(Cl)cc1Cl. The number of hydrogen-bond donors (Lipinski definition) is 1. The Bertz CT molecular complexity index is 639. The minimum absolute atomic E-state index is 0.115. The van der Waals surface area contributed by atoms with Crippen LogP contribution in [-0.2, 0) is 10.5 Å². The summed E-state index contributed by atoms with van der Waals surface area (Å²) in [6, 6.07) is 4.96. The largest absolute Gasteiger partial charge is 0.361 e. The first kappa shape index (κ1) is 16.2. The minimum Gasteiger partial charge on any atom is -0.361 e. The number of amides is 1. The Balaban J connectivity index is 1.85. The molecular weight excluding hydrogens is 331 g/mol. The third kappa shape index (κ3) is 4.40. The van der Waals surface area contributed by atoms with Crippen LogP contribution in [0, 0.1) is 13.8 Å². The molecule has 1 aromatic heterocycles. The van der Waals surface area contributed by atoms with E-state index in [9.17, 15) is 4.79 Å². The standard InChI is InChI=1S/C14H14Cl2N2O2S/c1-8-11(9(2)20-18-8)6-21-7-14(19)17-13-4-3-10(15)5-12(13)16/h3-5H,6-7H2,1-2H3,(H,17,19). The number of aromatic nitrogens is 1. The van der Waals surface area contributed by atoms with Gasteiger partial charge in [0.1, 0.15) is 5.76 Å². The Morgan fingerprint density at radius 2 is 2.14 bits per heavy atom. The molecule has 0 aliphatic rings. The predicted octanol–water partition coefficient (Wildman–Crippen LogP) is 4.47. The van der Waals surface area contributed by atoms with Crippen molar-refractivity contribution in [2.75, 3.05) is 11.1 Å². The summed E-state index contributed by atoms with van der Waals surface area (Å²) >= 11 is 13.3. The van der Waals surface area contributed by atoms with Crippen molar-refractivity contribution in [2.24, 2.45) is 0 Å². The molecule has 0 fully saturated rings. The van der Waals surface area contributed by atoms with Crippen LogP contribution in [0.5, 0.6) is 0 Å². The topological polar surface area (TPSA) is 55.1 Å². The van der Waals surface area contributed by atoms with Gasteiger partial charge in [0.05, 0.1) is 22.2 Å². The molecule has 0 saturated heterocycles. The van der Waals surface area contributed by atoms with Crippen molar-refractivity contribution in [3.05, 3.63) is 45.3 Å². The molecule has 2 aromatic rings. The molecule has 4 nitrogen and oxygen atoms in total. The summed E-state index contributed by atoms with van der Waals surface area (Å²) in [6.07, 6.45) is 0. The Morgan fingerprint density at radius 1 is 1.38 bits per heavy atom. The molecule has 1 N–H and O–H groups in total. The maximum atomic E-state index is 11.9. The Morgan fingerprint density at radius 3 is 2.76 bits per heavy atom. The molecule has 0 saturated carbocycles. The third-order valence-corrected chi connectivity index (χ3v) is 4.37. The second-order valence-corrected chi connectivity index (χ2v) is 6.30. The number of halogens is 2. The highest BCUT2D eigenvalue weighted by Gasteiger charge is 2.11. The first-order chi connectivity index (χ1) is 9.97. The summed E-state index contributed by atoms with van der Waals surface area (Å²) in [5.41, 5.74) is 2.46. The van der Waals surface area contributed by atoms with Crippen molar-refractivity contribution < 1.29 is 9.32 Å². The van der Waals surface area contributed by atoms with E-state index < -0.39 is 0 Å². The van der Waals surface area contributed by atoms with E-state index in [2.05, 4.69) is 10.5 Å². The molecule has 0 aliphatic carbocycles. The van der Waals surface area contributed by atoms with Crippen molar-refractivity contribution in [3.8, 4) is 0 Å². The Hall–Kier alpha value is -1.17. The second-order valence-electron chi connectivity index (χ2n) is 4.47. The van der Waals surface area contributed by atoms with Crippen molar-refractivity contribution >= 4 is 46.6 Å². The summed E-state index contributed by atoms with van der Waals surface area (Å²) in [7, 11) is 0. The smallest absolute Gasteiger partial charge is 0.234 e. The number of benzene rings is 1. The average molecular weight is 345 g/mol. The number of aryl methyl sites for hydroxylation is 2. The molecule has 21 heavy (non-hydrogen) atoms. The monoisotopic (exact) mass is 344 g/mol. The van der Waals surface area contributed by atoms with E-state index in [-0.39, 0.29) is 5.91 Å². The molecule has 112 valence electrons. The molecule has 0 unspecified atom stereocenters. The first-order valence-corrected chi connectivity index (χ1v) is 8.13. The number of anilines is 1. The van der Waals surface area contributed by atoms with Gasteiger partial charge in [-0.15, -0.1) is 11.8 Å². The van der Waals surface area contributed by atoms with Gasteiger partial charge in [0.15, 0.2) is 0 Å². The van der Waals surface area contributed by atoms with E-state index in [1.165, 1.54) is 11.8 Å². The van der Waals surface area contributed by atoms with Crippen molar-refractivity contribution in [1.82, 2.24) is 5.16 Å². The Kier molecular flexibility index (Phi) is 5.56. The predicted molar refractivity (Wildman–Crippen MR) is 87.2 cm³/mol. The van der Waals surface area contributed by atoms with Gasteiger partial charge >= 0.3 is 0 Å². The number of hydrogen-bond acceptors (Lipinski definition) is 4. The van der Waals surface area contributed by atoms with Gasteiger partial charge in [0, 0.05) is 16.3 Å². The third-order valence-electron chi connectivity index (χ3n) is 2.87. The van der Waals surface area contributed by atoms with Gasteiger partial charge in [-0.05, 0) is 32.0 Å². The summed E-state index contributed by atoms with van der Waals surface area (Å²) < 4.78 is 5.08. The molecule has 0 bridgehead atoms. The van der Waals surface area contributed by atoms with E-state index in [0.29, 0.717) is 27.2 Å². The van der Waals surface area contributed by atoms with Crippen LogP contribution in [0.15, 0.2) is 22.7 Å². The molecule has 2 rings (SSSR count). The summed E-state index contributed by atoms with van der Waals surface area (Å²) in [4.78, 5) is 11.9. The fourth-order valence-electron chi connectivity index (χ4n) is 1.73. The number of nitrogens with one attached hydrogen (secondary N) is 1. The van der Waals surface area contributed by atoms with Gasteiger partial charge in [-0.1, -0.05) is 28.4 Å². The maximum Gasteiger partial charge on any atom is 0.234 e. The molecule has 1 heterocycles. The number of nitrogens with zero attached hydrogens (tertiary/aromatic N) is 1. The van der Waals surface area contributed by atoms with Crippen molar-refractivity contribution in [3.63, 3.8) is 0 Å². The molecule has 1 aromatic carbocycles. The van der Waals surface area contributed by atoms with Crippen LogP contribution in [0.1, 0.15) is 17.0 Å². The Labute approximate surface area is 137 Å². The minimum atomic E-state index is -0.115. The van der Waals surface area contributed by atoms with Gasteiger partial charge in [-0.3, -0.25) is 4.79 Å². The van der Waals surface area contributed by atoms with Crippen molar-refractivity contribution in [1.29, 1.82) is 0 Å². The lowest BCUT2D eigenvalue weighted by Crippen LogP contribution is -2.14. The lowest BCUT2D eigenvalue weighted by Gasteiger charge is -2.07. The summed E-state index contributed by atoms with van der Waals surface area (Å²) in [5, 5.41) is 7.60. The fraction of sp³-hybridized carbons (Fsp3) is 0.286. The van der Waals surface area contributed by atoms with Crippen LogP contribution in [0.25, 0.3) is 0 Å². The van der Waals surface area contributed by atoms with Crippen molar-refractivity contribution in [2.45, 2.75) is 19.6 Å². The first-order valence-electron chi connectivity index (χ1n) is 6.21. The van der Waals surface area contributed by atoms with Gasteiger partial charge in [0.25, 0.3) is 0 Å². The van der Waals surface area contributed by atoms with Crippen LogP contribution in [-0.4, -0.2) is 16.8 Å². The zero-order valence-corrected chi connectivity index (χ0v) is 13.9. The van der Waals surface area contributed by atoms with Crippen LogP contribution in [0.2, 0.25) is 10.0 Å². The van der Waals surface area contributed by atoms with Crippen LogP contribution in [0.3, 0.4) is 0 Å². The molecule has 0 spiro atoms. The molecule has 1 amide bonds. The van der Waals surface area contributed by atoms with E-state index in [1.54, 1.807) is 18.2 Å². The molecule has 0 radical (unpaired) electrons. The van der Waals surface area contributed by atoms with Gasteiger partial charge in [0.2, 0.25) is 5.91 Å². The zero-order chi connectivity index (χ0) is 15.4. The second kappa shape index (κ2) is 7.20. The molecule has 0 aliphatic heterocycles. The van der Waals surface area contributed by atoms with E-state index in [4.69, 9.17) is 27.7 Å². The highest BCUT2D eigenvalue weighted by atomic mass is 35.5. The van der Waals surface area contributed by atoms with E-state index in [1.807, 2.05) is 13.8 Å². The molecular formula is C14H14Cl2N2O2S. The fourth-order valence-corrected chi connectivity index (χ4v) is 3.16. The van der Waals surface area contributed by atoms with Crippen LogP contribution < -0.4 is 5.32 Å². The van der Waals surface area contributed by atoms with E-state index >= 15 is 0 Å². The lowest BCUT2D eigenvalue weighted by molar-refractivity contribution is -0.113. The van der Waals surface area contributed by atoms with Gasteiger partial charge in [-0.2, -0.15) is 0 Å². The number of thioether (sulfide) groups is 1. The normalized spacial score (nSPS) is 10.7. The average Bonchev–Trinajstić information content (AvgIpc) is 2.74. The quantitative estimate of drug-likeness (QED) is 0.869. The van der Waals surface area contributed by atoms with Gasteiger partial charge < -0.3 is 9.84 Å². The van der Waals surface area contributed by atoms with E-state index in [0.717, 1.165) is 17.0 Å². The summed E-state index contributed by atoms with van der Waals surface area (Å²) in [6.45, 7) is 3.75. The number of rotatable bonds is 5. The summed E-state index contributed by atoms with van der Waals surface area (Å²) in [5.74, 6) is 1.68. The molecule has 7 heteroatoms. The van der Waals surface area contributed by atoms with Crippen LogP contribution in [0.4, 0.5) is 5.69 Å².